The Balaban J connectivity index is 2.13. The molecule has 36 heavy (non-hydrogen) atoms. The summed E-state index contributed by atoms with van der Waals surface area (Å²) in [4.78, 5) is 29.8. The summed E-state index contributed by atoms with van der Waals surface area (Å²) >= 11 is 0. The second-order valence-electron chi connectivity index (χ2n) is 9.64. The van der Waals surface area contributed by atoms with E-state index in [1.54, 1.807) is 31.2 Å². The number of likely N-dealkylation sites (N-methyl/N-ethyl adjacent to an activating group) is 1. The van der Waals surface area contributed by atoms with E-state index in [1.165, 1.54) is 11.0 Å². The van der Waals surface area contributed by atoms with Gasteiger partial charge in [0, 0.05) is 18.7 Å². The number of rotatable bonds is 10. The molecule has 1 fully saturated rings. The highest BCUT2D eigenvalue weighted by molar-refractivity contribution is 6.46. The fourth-order valence-electron chi connectivity index (χ4n) is 4.14. The number of hydrogen-bond acceptors (Lipinski definition) is 7. The molecule has 1 atom stereocenters. The van der Waals surface area contributed by atoms with Crippen molar-refractivity contribution >= 4 is 17.4 Å². The minimum Gasteiger partial charge on any atom is -0.507 e. The third kappa shape index (κ3) is 5.82. The highest BCUT2D eigenvalue weighted by Crippen LogP contribution is 2.42. The van der Waals surface area contributed by atoms with Crippen LogP contribution in [0.5, 0.6) is 17.2 Å². The number of amides is 1. The summed E-state index contributed by atoms with van der Waals surface area (Å²) in [5.74, 6) is -0.436. The van der Waals surface area contributed by atoms with Crippen molar-refractivity contribution in [2.45, 2.75) is 33.7 Å². The van der Waals surface area contributed by atoms with Crippen molar-refractivity contribution in [2.24, 2.45) is 5.92 Å². The quantitative estimate of drug-likeness (QED) is 0.290. The smallest absolute Gasteiger partial charge is 0.295 e. The van der Waals surface area contributed by atoms with E-state index < -0.39 is 17.7 Å². The monoisotopic (exact) mass is 496 g/mol. The Morgan fingerprint density at radius 3 is 2.44 bits per heavy atom. The Bertz CT molecular complexity index is 1150. The number of nitrogens with zero attached hydrogens (tertiary/aromatic N) is 2. The minimum atomic E-state index is -0.832. The molecule has 1 saturated heterocycles. The van der Waals surface area contributed by atoms with E-state index in [1.807, 2.05) is 32.0 Å². The van der Waals surface area contributed by atoms with Gasteiger partial charge in [0.15, 0.2) is 11.5 Å². The molecule has 0 bridgehead atoms. The van der Waals surface area contributed by atoms with E-state index in [9.17, 15) is 19.8 Å². The maximum atomic E-state index is 13.3. The fourth-order valence-corrected chi connectivity index (χ4v) is 4.14. The van der Waals surface area contributed by atoms with Gasteiger partial charge in [0.2, 0.25) is 0 Å². The van der Waals surface area contributed by atoms with Crippen molar-refractivity contribution in [3.8, 4) is 17.2 Å². The first kappa shape index (κ1) is 27.1. The summed E-state index contributed by atoms with van der Waals surface area (Å²) < 4.78 is 11.3. The number of benzene rings is 2. The van der Waals surface area contributed by atoms with Crippen molar-refractivity contribution in [1.29, 1.82) is 0 Å². The van der Waals surface area contributed by atoms with Gasteiger partial charge in [-0.2, -0.15) is 0 Å². The summed E-state index contributed by atoms with van der Waals surface area (Å²) in [6, 6.07) is 9.14. The first-order valence-corrected chi connectivity index (χ1v) is 12.2. The first-order valence-electron chi connectivity index (χ1n) is 12.2. The van der Waals surface area contributed by atoms with Crippen LogP contribution in [-0.2, 0) is 9.59 Å². The van der Waals surface area contributed by atoms with Crippen LogP contribution in [0.3, 0.4) is 0 Å². The third-order valence-electron chi connectivity index (χ3n) is 5.96. The molecule has 2 aromatic rings. The van der Waals surface area contributed by atoms with Crippen LogP contribution in [0, 0.1) is 12.8 Å². The van der Waals surface area contributed by atoms with Gasteiger partial charge in [-0.15, -0.1) is 0 Å². The molecule has 0 spiro atoms. The van der Waals surface area contributed by atoms with Gasteiger partial charge in [-0.1, -0.05) is 19.9 Å². The summed E-state index contributed by atoms with van der Waals surface area (Å²) in [6.45, 7) is 9.44. The summed E-state index contributed by atoms with van der Waals surface area (Å²) in [6.07, 6.45) is 0. The van der Waals surface area contributed by atoms with E-state index in [2.05, 4.69) is 13.8 Å². The number of phenolic OH excluding ortho intramolecular Hbond substituents is 1. The number of aromatic hydroxyl groups is 1. The zero-order chi connectivity index (χ0) is 26.6. The average Bonchev–Trinajstić information content (AvgIpc) is 3.07. The summed E-state index contributed by atoms with van der Waals surface area (Å²) in [5, 5.41) is 21.6. The number of phenols is 1. The number of aliphatic hydroxyl groups excluding tert-OH is 1. The molecule has 3 rings (SSSR count). The van der Waals surface area contributed by atoms with Gasteiger partial charge in [0.05, 0.1) is 24.8 Å². The van der Waals surface area contributed by atoms with E-state index >= 15 is 0 Å². The van der Waals surface area contributed by atoms with Gasteiger partial charge in [0.1, 0.15) is 11.5 Å². The van der Waals surface area contributed by atoms with Crippen LogP contribution in [0.4, 0.5) is 0 Å². The van der Waals surface area contributed by atoms with Crippen molar-refractivity contribution in [1.82, 2.24) is 9.80 Å². The Hall–Kier alpha value is -3.52. The third-order valence-corrected chi connectivity index (χ3v) is 5.96. The number of aryl methyl sites for hydroxylation is 1. The Kier molecular flexibility index (Phi) is 8.63. The largest absolute Gasteiger partial charge is 0.507 e. The molecule has 0 unspecified atom stereocenters. The van der Waals surface area contributed by atoms with Gasteiger partial charge in [-0.05, 0) is 75.3 Å². The van der Waals surface area contributed by atoms with E-state index in [0.717, 1.165) is 0 Å². The van der Waals surface area contributed by atoms with Crippen LogP contribution in [0.25, 0.3) is 5.76 Å². The Morgan fingerprint density at radius 1 is 1.11 bits per heavy atom. The molecule has 1 heterocycles. The highest BCUT2D eigenvalue weighted by Gasteiger charge is 2.46. The normalized spacial score (nSPS) is 17.3. The van der Waals surface area contributed by atoms with Gasteiger partial charge in [-0.3, -0.25) is 9.59 Å². The van der Waals surface area contributed by atoms with E-state index in [4.69, 9.17) is 9.47 Å². The number of hydrogen-bond donors (Lipinski definition) is 2. The van der Waals surface area contributed by atoms with Crippen LogP contribution < -0.4 is 9.47 Å². The maximum absolute atomic E-state index is 13.3. The lowest BCUT2D eigenvalue weighted by Crippen LogP contribution is -2.35. The Morgan fingerprint density at radius 2 is 1.83 bits per heavy atom. The molecular formula is C28H36N2O6. The molecular weight excluding hydrogens is 460 g/mol. The van der Waals surface area contributed by atoms with Crippen molar-refractivity contribution in [2.75, 3.05) is 40.4 Å². The van der Waals surface area contributed by atoms with E-state index in [-0.39, 0.29) is 29.4 Å². The van der Waals surface area contributed by atoms with Crippen LogP contribution in [0.15, 0.2) is 42.0 Å². The highest BCUT2D eigenvalue weighted by atomic mass is 16.5. The SMILES string of the molecule is CCOc1cc([C@H]2C(=C(O)c3ccc(OCC(C)C)cc3C)C(=O)C(=O)N2CCN(C)C)ccc1O. The first-order chi connectivity index (χ1) is 17.0. The standard InChI is InChI=1S/C28H36N2O6/c1-7-35-23-15-19(8-11-22(23)31)25-24(27(33)28(34)30(25)13-12-29(5)6)26(32)21-10-9-20(14-18(21)4)36-16-17(2)3/h8-11,14-15,17,25,31-32H,7,12-13,16H2,1-6H3/t25-/m0/s1. The number of carbonyl (C=O) groups is 2. The van der Waals surface area contributed by atoms with Crippen molar-refractivity contribution in [3.05, 3.63) is 58.7 Å². The predicted octanol–water partition coefficient (Wildman–Crippen LogP) is 4.12. The minimum absolute atomic E-state index is 0.00541. The van der Waals surface area contributed by atoms with Gasteiger partial charge < -0.3 is 29.5 Å². The van der Waals surface area contributed by atoms with Crippen LogP contribution in [0.2, 0.25) is 0 Å². The number of likely N-dealkylation sites (tertiary alicyclic amines) is 1. The molecule has 0 aliphatic carbocycles. The van der Waals surface area contributed by atoms with Gasteiger partial charge in [0.25, 0.3) is 11.7 Å². The molecule has 1 aliphatic heterocycles. The zero-order valence-electron chi connectivity index (χ0n) is 21.9. The fraction of sp³-hybridized carbons (Fsp3) is 0.429. The molecule has 1 amide bonds. The van der Waals surface area contributed by atoms with Gasteiger partial charge in [-0.25, -0.2) is 0 Å². The lowest BCUT2D eigenvalue weighted by Gasteiger charge is -2.27. The lowest BCUT2D eigenvalue weighted by molar-refractivity contribution is -0.140. The predicted molar refractivity (Wildman–Crippen MR) is 138 cm³/mol. The van der Waals surface area contributed by atoms with Crippen LogP contribution >= 0.6 is 0 Å². The van der Waals surface area contributed by atoms with E-state index in [0.29, 0.717) is 48.1 Å². The Labute approximate surface area is 212 Å². The van der Waals surface area contributed by atoms with Crippen LogP contribution in [-0.4, -0.2) is 72.1 Å². The molecule has 0 aromatic heterocycles. The molecule has 1 aliphatic rings. The number of aliphatic hydroxyl groups is 1. The lowest BCUT2D eigenvalue weighted by atomic mass is 9.93. The molecule has 8 heteroatoms. The molecule has 0 saturated carbocycles. The molecule has 194 valence electrons. The number of carbonyl (C=O) groups excluding carboxylic acids is 2. The van der Waals surface area contributed by atoms with Gasteiger partial charge >= 0.3 is 0 Å². The second kappa shape index (κ2) is 11.5. The zero-order valence-corrected chi connectivity index (χ0v) is 21.9. The molecule has 0 radical (unpaired) electrons. The number of ether oxygens (including phenoxy) is 2. The molecule has 8 nitrogen and oxygen atoms in total. The number of Topliss-reactive ketones (excluding diaryl/α,β-unsaturated/α-hetero) is 1. The van der Waals surface area contributed by atoms with Crippen LogP contribution in [0.1, 0.15) is 43.5 Å². The second-order valence-corrected chi connectivity index (χ2v) is 9.64. The summed E-state index contributed by atoms with van der Waals surface area (Å²) in [5.41, 5.74) is 1.73. The summed E-state index contributed by atoms with van der Waals surface area (Å²) in [7, 11) is 3.76. The molecule has 2 N–H and O–H groups in total. The van der Waals surface area contributed by atoms with Crippen molar-refractivity contribution < 1.29 is 29.3 Å². The maximum Gasteiger partial charge on any atom is 0.295 e. The topological polar surface area (TPSA) is 99.5 Å². The molecule has 2 aromatic carbocycles. The average molecular weight is 497 g/mol. The number of ketones is 1. The van der Waals surface area contributed by atoms with Crippen molar-refractivity contribution in [3.63, 3.8) is 0 Å².